The number of Topliss-reactive ketones (excluding diaryl/α,β-unsaturated/α-hetero) is 1. The zero-order valence-corrected chi connectivity index (χ0v) is 16.7. The van der Waals surface area contributed by atoms with E-state index in [0.717, 1.165) is 16.7 Å². The molecule has 8 heteroatoms. The summed E-state index contributed by atoms with van der Waals surface area (Å²) in [6, 6.07) is 11.4. The SMILES string of the molecule is COc1ccc(/C=C2\SC(=O)N(CC(=O)c3ccc(Cl)cc3)C2=O)c(OC)c1. The zero-order valence-electron chi connectivity index (χ0n) is 15.1. The van der Waals surface area contributed by atoms with Crippen LogP contribution in [0.4, 0.5) is 4.79 Å². The average molecular weight is 418 g/mol. The number of thioether (sulfide) groups is 1. The number of methoxy groups -OCH3 is 2. The van der Waals surface area contributed by atoms with Gasteiger partial charge in [0, 0.05) is 22.2 Å². The molecule has 2 aromatic carbocycles. The summed E-state index contributed by atoms with van der Waals surface area (Å²) in [7, 11) is 3.04. The number of amides is 2. The van der Waals surface area contributed by atoms with Crippen LogP contribution in [0.3, 0.4) is 0 Å². The van der Waals surface area contributed by atoms with Gasteiger partial charge in [0.05, 0.1) is 25.7 Å². The highest BCUT2D eigenvalue weighted by Crippen LogP contribution is 2.35. The van der Waals surface area contributed by atoms with E-state index in [1.807, 2.05) is 0 Å². The van der Waals surface area contributed by atoms with Crippen molar-refractivity contribution in [1.82, 2.24) is 4.90 Å². The van der Waals surface area contributed by atoms with Crippen LogP contribution in [0.25, 0.3) is 6.08 Å². The monoisotopic (exact) mass is 417 g/mol. The summed E-state index contributed by atoms with van der Waals surface area (Å²) in [5, 5.41) is 0.00475. The molecule has 0 bridgehead atoms. The molecular weight excluding hydrogens is 402 g/mol. The molecule has 1 aliphatic heterocycles. The van der Waals surface area contributed by atoms with Gasteiger partial charge in [-0.05, 0) is 54.2 Å². The summed E-state index contributed by atoms with van der Waals surface area (Å²) >= 11 is 6.60. The molecule has 1 fully saturated rings. The van der Waals surface area contributed by atoms with Crippen LogP contribution in [0, 0.1) is 0 Å². The van der Waals surface area contributed by atoms with E-state index in [-0.39, 0.29) is 17.2 Å². The molecule has 0 unspecified atom stereocenters. The minimum Gasteiger partial charge on any atom is -0.497 e. The van der Waals surface area contributed by atoms with Crippen LogP contribution in [-0.4, -0.2) is 42.6 Å². The molecule has 1 heterocycles. The summed E-state index contributed by atoms with van der Waals surface area (Å²) in [6.07, 6.45) is 1.57. The number of imide groups is 1. The van der Waals surface area contributed by atoms with Crippen LogP contribution < -0.4 is 9.47 Å². The lowest BCUT2D eigenvalue weighted by molar-refractivity contribution is -0.122. The summed E-state index contributed by atoms with van der Waals surface area (Å²) in [6.45, 7) is -0.330. The van der Waals surface area contributed by atoms with Crippen LogP contribution >= 0.6 is 23.4 Å². The Bertz CT molecular complexity index is 971. The number of rotatable bonds is 6. The van der Waals surface area contributed by atoms with Crippen LogP contribution in [0.1, 0.15) is 15.9 Å². The lowest BCUT2D eigenvalue weighted by Crippen LogP contribution is -2.33. The lowest BCUT2D eigenvalue weighted by Gasteiger charge is -2.11. The van der Waals surface area contributed by atoms with Gasteiger partial charge >= 0.3 is 0 Å². The van der Waals surface area contributed by atoms with Crippen molar-refractivity contribution in [3.63, 3.8) is 0 Å². The summed E-state index contributed by atoms with van der Waals surface area (Å²) in [4.78, 5) is 38.4. The zero-order chi connectivity index (χ0) is 20.3. The second-order valence-electron chi connectivity index (χ2n) is 5.81. The van der Waals surface area contributed by atoms with Crippen LogP contribution in [0.2, 0.25) is 5.02 Å². The van der Waals surface area contributed by atoms with Crippen molar-refractivity contribution in [2.24, 2.45) is 0 Å². The fourth-order valence-electron chi connectivity index (χ4n) is 2.59. The van der Waals surface area contributed by atoms with Gasteiger partial charge in [-0.15, -0.1) is 0 Å². The van der Waals surface area contributed by atoms with E-state index in [0.29, 0.717) is 27.6 Å². The number of hydrogen-bond donors (Lipinski definition) is 0. The minimum absolute atomic E-state index is 0.220. The molecule has 144 valence electrons. The highest BCUT2D eigenvalue weighted by atomic mass is 35.5. The number of halogens is 1. The number of carbonyl (C=O) groups excluding carboxylic acids is 3. The molecule has 2 amide bonds. The number of hydrogen-bond acceptors (Lipinski definition) is 6. The smallest absolute Gasteiger partial charge is 0.293 e. The Balaban J connectivity index is 1.80. The van der Waals surface area contributed by atoms with E-state index in [2.05, 4.69) is 0 Å². The Morgan fingerprint density at radius 1 is 1.11 bits per heavy atom. The Hall–Kier alpha value is -2.77. The maximum absolute atomic E-state index is 12.6. The quantitative estimate of drug-likeness (QED) is 0.516. The summed E-state index contributed by atoms with van der Waals surface area (Å²) in [5.41, 5.74) is 1.00. The fourth-order valence-corrected chi connectivity index (χ4v) is 3.54. The maximum Gasteiger partial charge on any atom is 0.293 e. The molecule has 2 aromatic rings. The summed E-state index contributed by atoms with van der Waals surface area (Å²) in [5.74, 6) is 0.247. The van der Waals surface area contributed by atoms with E-state index in [9.17, 15) is 14.4 Å². The van der Waals surface area contributed by atoms with Gasteiger partial charge in [-0.25, -0.2) is 0 Å². The van der Waals surface area contributed by atoms with Crippen molar-refractivity contribution < 1.29 is 23.9 Å². The first-order valence-corrected chi connectivity index (χ1v) is 9.38. The summed E-state index contributed by atoms with van der Waals surface area (Å²) < 4.78 is 10.5. The third-order valence-electron chi connectivity index (χ3n) is 4.07. The van der Waals surface area contributed by atoms with Gasteiger partial charge in [-0.3, -0.25) is 19.3 Å². The fraction of sp³-hybridized carbons (Fsp3) is 0.150. The predicted molar refractivity (Wildman–Crippen MR) is 108 cm³/mol. The highest BCUT2D eigenvalue weighted by Gasteiger charge is 2.36. The van der Waals surface area contributed by atoms with E-state index in [1.54, 1.807) is 48.5 Å². The highest BCUT2D eigenvalue weighted by molar-refractivity contribution is 8.18. The largest absolute Gasteiger partial charge is 0.497 e. The Labute approximate surface area is 171 Å². The van der Waals surface area contributed by atoms with E-state index in [1.165, 1.54) is 14.2 Å². The van der Waals surface area contributed by atoms with Crippen molar-refractivity contribution in [3.05, 3.63) is 63.5 Å². The van der Waals surface area contributed by atoms with Gasteiger partial charge in [0.15, 0.2) is 5.78 Å². The lowest BCUT2D eigenvalue weighted by atomic mass is 10.1. The normalized spacial score (nSPS) is 15.2. The average Bonchev–Trinajstić information content (AvgIpc) is 2.96. The first-order valence-electron chi connectivity index (χ1n) is 8.19. The Morgan fingerprint density at radius 3 is 2.46 bits per heavy atom. The maximum atomic E-state index is 12.6. The van der Waals surface area contributed by atoms with Crippen molar-refractivity contribution in [2.75, 3.05) is 20.8 Å². The van der Waals surface area contributed by atoms with Crippen LogP contribution in [0.15, 0.2) is 47.4 Å². The van der Waals surface area contributed by atoms with Gasteiger partial charge in [0.2, 0.25) is 0 Å². The van der Waals surface area contributed by atoms with E-state index in [4.69, 9.17) is 21.1 Å². The molecule has 0 atom stereocenters. The number of ether oxygens (including phenoxy) is 2. The molecule has 28 heavy (non-hydrogen) atoms. The Morgan fingerprint density at radius 2 is 1.82 bits per heavy atom. The molecule has 1 aliphatic rings. The molecule has 0 N–H and O–H groups in total. The molecule has 3 rings (SSSR count). The van der Waals surface area contributed by atoms with Crippen molar-refractivity contribution in [2.45, 2.75) is 0 Å². The third-order valence-corrected chi connectivity index (χ3v) is 5.23. The van der Waals surface area contributed by atoms with Gasteiger partial charge in [0.1, 0.15) is 11.5 Å². The predicted octanol–water partition coefficient (Wildman–Crippen LogP) is 4.28. The standard InChI is InChI=1S/C20H16ClNO5S/c1-26-15-8-5-13(17(10-15)27-2)9-18-19(24)22(20(25)28-18)11-16(23)12-3-6-14(21)7-4-12/h3-10H,11H2,1-2H3/b18-9-. The molecule has 6 nitrogen and oxygen atoms in total. The van der Waals surface area contributed by atoms with Gasteiger partial charge < -0.3 is 9.47 Å². The second kappa shape index (κ2) is 8.50. The Kier molecular flexibility index (Phi) is 6.06. The van der Waals surface area contributed by atoms with Crippen molar-refractivity contribution >= 4 is 46.4 Å². The topological polar surface area (TPSA) is 72.9 Å². The van der Waals surface area contributed by atoms with Gasteiger partial charge in [0.25, 0.3) is 11.1 Å². The minimum atomic E-state index is -0.518. The van der Waals surface area contributed by atoms with E-state index < -0.39 is 11.1 Å². The number of benzene rings is 2. The molecule has 0 aliphatic carbocycles. The van der Waals surface area contributed by atoms with E-state index >= 15 is 0 Å². The number of carbonyl (C=O) groups is 3. The van der Waals surface area contributed by atoms with Crippen LogP contribution in [0.5, 0.6) is 11.5 Å². The second-order valence-corrected chi connectivity index (χ2v) is 7.24. The molecule has 0 aromatic heterocycles. The molecule has 0 saturated carbocycles. The molecule has 1 saturated heterocycles. The first-order chi connectivity index (χ1) is 13.4. The van der Waals surface area contributed by atoms with Crippen molar-refractivity contribution in [3.8, 4) is 11.5 Å². The molecular formula is C20H16ClNO5S. The van der Waals surface area contributed by atoms with Crippen LogP contribution in [-0.2, 0) is 4.79 Å². The third kappa shape index (κ3) is 4.21. The van der Waals surface area contributed by atoms with Gasteiger partial charge in [-0.1, -0.05) is 11.6 Å². The molecule has 0 radical (unpaired) electrons. The molecule has 0 spiro atoms. The number of ketones is 1. The number of nitrogens with zero attached hydrogens (tertiary/aromatic N) is 1. The van der Waals surface area contributed by atoms with Crippen molar-refractivity contribution in [1.29, 1.82) is 0 Å². The first kappa shape index (κ1) is 20.0. The van der Waals surface area contributed by atoms with Gasteiger partial charge in [-0.2, -0.15) is 0 Å².